The Morgan fingerprint density at radius 3 is 2.35 bits per heavy atom. The van der Waals surface area contributed by atoms with E-state index in [0.717, 1.165) is 6.07 Å². The molecule has 0 saturated carbocycles. The predicted octanol–water partition coefficient (Wildman–Crippen LogP) is 2.78. The highest BCUT2D eigenvalue weighted by Crippen LogP contribution is 2.27. The summed E-state index contributed by atoms with van der Waals surface area (Å²) in [5.41, 5.74) is 0.0585. The maximum atomic E-state index is 13.7. The van der Waals surface area contributed by atoms with Gasteiger partial charge in [0.25, 0.3) is 0 Å². The average Bonchev–Trinajstić information content (AvgIpc) is 2.42. The summed E-state index contributed by atoms with van der Waals surface area (Å²) in [6.45, 7) is 3.26. The van der Waals surface area contributed by atoms with Gasteiger partial charge in [-0.15, -0.1) is 0 Å². The molecule has 0 spiro atoms. The van der Waals surface area contributed by atoms with E-state index in [1.165, 1.54) is 17.4 Å². The first-order valence-electron chi connectivity index (χ1n) is 6.36. The number of aliphatic hydroxyl groups excluding tert-OH is 1. The lowest BCUT2D eigenvalue weighted by Gasteiger charge is -2.25. The Morgan fingerprint density at radius 1 is 1.35 bits per heavy atom. The van der Waals surface area contributed by atoms with Crippen molar-refractivity contribution in [3.63, 3.8) is 0 Å². The summed E-state index contributed by atoms with van der Waals surface area (Å²) in [7, 11) is -2.34. The molecule has 0 amide bonds. The number of hydrogen-bond acceptors (Lipinski definition) is 3. The van der Waals surface area contributed by atoms with Gasteiger partial charge in [-0.3, -0.25) is 0 Å². The van der Waals surface area contributed by atoms with Gasteiger partial charge in [-0.25, -0.2) is 12.8 Å². The van der Waals surface area contributed by atoms with Crippen molar-refractivity contribution in [3.8, 4) is 0 Å². The van der Waals surface area contributed by atoms with E-state index in [0.29, 0.717) is 12.8 Å². The molecule has 0 aliphatic heterocycles. The maximum Gasteiger partial charge on any atom is 0.243 e. The zero-order valence-electron chi connectivity index (χ0n) is 11.7. The van der Waals surface area contributed by atoms with Crippen LogP contribution in [0.2, 0.25) is 5.02 Å². The summed E-state index contributed by atoms with van der Waals surface area (Å²) in [5, 5.41) is 8.86. The van der Waals surface area contributed by atoms with Gasteiger partial charge in [0, 0.05) is 18.7 Å². The molecular formula is C13H19ClFNO3S. The molecule has 1 aromatic rings. The van der Waals surface area contributed by atoms with Crippen LogP contribution >= 0.6 is 11.6 Å². The molecule has 0 aliphatic carbocycles. The van der Waals surface area contributed by atoms with Gasteiger partial charge in [0.1, 0.15) is 5.82 Å². The first-order valence-corrected chi connectivity index (χ1v) is 8.18. The number of halogens is 2. The quantitative estimate of drug-likeness (QED) is 0.875. The van der Waals surface area contributed by atoms with Crippen LogP contribution in [0.15, 0.2) is 17.0 Å². The Bertz CT molecular complexity index is 573. The summed E-state index contributed by atoms with van der Waals surface area (Å²) in [5.74, 6) is -0.852. The molecule has 1 aromatic carbocycles. The Balaban J connectivity index is 3.32. The summed E-state index contributed by atoms with van der Waals surface area (Å²) in [4.78, 5) is -0.196. The first-order chi connectivity index (χ1) is 9.29. The second-order valence-electron chi connectivity index (χ2n) is 4.53. The monoisotopic (exact) mass is 323 g/mol. The Labute approximate surface area is 124 Å². The lowest BCUT2D eigenvalue weighted by atomic mass is 10.2. The predicted molar refractivity (Wildman–Crippen MR) is 76.7 cm³/mol. The van der Waals surface area contributed by atoms with Gasteiger partial charge in [-0.2, -0.15) is 4.31 Å². The number of sulfonamides is 1. The van der Waals surface area contributed by atoms with Gasteiger partial charge in [0.05, 0.1) is 16.5 Å². The largest absolute Gasteiger partial charge is 0.392 e. The summed E-state index contributed by atoms with van der Waals surface area (Å²) in [6.07, 6.45) is 1.32. The molecule has 20 heavy (non-hydrogen) atoms. The van der Waals surface area contributed by atoms with Crippen LogP contribution < -0.4 is 0 Å². The molecule has 1 N–H and O–H groups in total. The lowest BCUT2D eigenvalue weighted by molar-refractivity contribution is 0.281. The van der Waals surface area contributed by atoms with Crippen LogP contribution in [0.5, 0.6) is 0 Å². The number of aliphatic hydroxyl groups is 1. The minimum atomic E-state index is -3.81. The molecule has 0 radical (unpaired) electrons. The highest BCUT2D eigenvalue weighted by atomic mass is 35.5. The van der Waals surface area contributed by atoms with E-state index in [-0.39, 0.29) is 21.5 Å². The maximum absolute atomic E-state index is 13.7. The smallest absolute Gasteiger partial charge is 0.243 e. The van der Waals surface area contributed by atoms with Crippen molar-refractivity contribution < 1.29 is 17.9 Å². The zero-order chi connectivity index (χ0) is 15.5. The molecule has 114 valence electrons. The molecule has 1 rings (SSSR count). The topological polar surface area (TPSA) is 57.6 Å². The average molecular weight is 324 g/mol. The summed E-state index contributed by atoms with van der Waals surface area (Å²) < 4.78 is 39.8. The SMILES string of the molecule is CCC(CC)N(C)S(=O)(=O)c1cc(F)c(Cl)c(CO)c1. The van der Waals surface area contributed by atoms with E-state index < -0.39 is 22.4 Å². The van der Waals surface area contributed by atoms with Crippen molar-refractivity contribution in [1.82, 2.24) is 4.31 Å². The van der Waals surface area contributed by atoms with Gasteiger partial charge in [-0.1, -0.05) is 25.4 Å². The molecule has 7 heteroatoms. The number of rotatable bonds is 6. The van der Waals surface area contributed by atoms with E-state index in [1.54, 1.807) is 0 Å². The molecule has 0 atom stereocenters. The molecule has 0 heterocycles. The summed E-state index contributed by atoms with van der Waals surface area (Å²) >= 11 is 5.67. The minimum Gasteiger partial charge on any atom is -0.392 e. The van der Waals surface area contributed by atoms with Crippen molar-refractivity contribution in [2.75, 3.05) is 7.05 Å². The number of nitrogens with zero attached hydrogens (tertiary/aromatic N) is 1. The van der Waals surface area contributed by atoms with Crippen LogP contribution in [0.1, 0.15) is 32.3 Å². The van der Waals surface area contributed by atoms with Crippen LogP contribution in [0, 0.1) is 5.82 Å². The molecule has 0 unspecified atom stereocenters. The van der Waals surface area contributed by atoms with Gasteiger partial charge in [-0.05, 0) is 25.0 Å². The standard InChI is InChI=1S/C13H19ClFNO3S/c1-4-10(5-2)16(3)20(18,19)11-6-9(8-17)13(14)12(15)7-11/h6-7,10,17H,4-5,8H2,1-3H3. The molecule has 0 aliphatic rings. The van der Waals surface area contributed by atoms with Gasteiger partial charge >= 0.3 is 0 Å². The second kappa shape index (κ2) is 6.85. The molecule has 0 bridgehead atoms. The van der Waals surface area contributed by atoms with Crippen molar-refractivity contribution >= 4 is 21.6 Å². The third kappa shape index (κ3) is 3.31. The van der Waals surface area contributed by atoms with Crippen molar-refractivity contribution in [1.29, 1.82) is 0 Å². The van der Waals surface area contributed by atoms with E-state index in [2.05, 4.69) is 0 Å². The molecule has 4 nitrogen and oxygen atoms in total. The van der Waals surface area contributed by atoms with Crippen LogP contribution in [0.3, 0.4) is 0 Å². The van der Waals surface area contributed by atoms with E-state index in [1.807, 2.05) is 13.8 Å². The number of hydrogen-bond donors (Lipinski definition) is 1. The molecule has 0 aromatic heterocycles. The second-order valence-corrected chi connectivity index (χ2v) is 6.90. The Kier molecular flexibility index (Phi) is 5.94. The highest BCUT2D eigenvalue weighted by Gasteiger charge is 2.27. The minimum absolute atomic E-state index is 0.0585. The van der Waals surface area contributed by atoms with Gasteiger partial charge in [0.2, 0.25) is 10.0 Å². The summed E-state index contributed by atoms with van der Waals surface area (Å²) in [6, 6.07) is 1.94. The molecular weight excluding hydrogens is 305 g/mol. The van der Waals surface area contributed by atoms with Crippen LogP contribution in [-0.2, 0) is 16.6 Å². The van der Waals surface area contributed by atoms with E-state index in [9.17, 15) is 12.8 Å². The van der Waals surface area contributed by atoms with Crippen LogP contribution in [0.25, 0.3) is 0 Å². The van der Waals surface area contributed by atoms with Gasteiger partial charge in [0.15, 0.2) is 0 Å². The first kappa shape index (κ1) is 17.4. The fourth-order valence-electron chi connectivity index (χ4n) is 2.05. The number of benzene rings is 1. The van der Waals surface area contributed by atoms with E-state index >= 15 is 0 Å². The molecule has 0 fully saturated rings. The van der Waals surface area contributed by atoms with E-state index in [4.69, 9.17) is 16.7 Å². The van der Waals surface area contributed by atoms with Crippen molar-refractivity contribution in [2.24, 2.45) is 0 Å². The fourth-order valence-corrected chi connectivity index (χ4v) is 3.78. The third-order valence-corrected chi connectivity index (χ3v) is 5.69. The Morgan fingerprint density at radius 2 is 1.90 bits per heavy atom. The Hall–Kier alpha value is -0.690. The third-order valence-electron chi connectivity index (χ3n) is 3.38. The van der Waals surface area contributed by atoms with Crippen molar-refractivity contribution in [3.05, 3.63) is 28.5 Å². The fraction of sp³-hybridized carbons (Fsp3) is 0.538. The van der Waals surface area contributed by atoms with Crippen LogP contribution in [-0.4, -0.2) is 30.9 Å². The van der Waals surface area contributed by atoms with Gasteiger partial charge < -0.3 is 5.11 Å². The zero-order valence-corrected chi connectivity index (χ0v) is 13.3. The lowest BCUT2D eigenvalue weighted by Crippen LogP contribution is -2.36. The highest BCUT2D eigenvalue weighted by molar-refractivity contribution is 7.89. The normalized spacial score (nSPS) is 12.4. The van der Waals surface area contributed by atoms with Crippen molar-refractivity contribution in [2.45, 2.75) is 44.2 Å². The van der Waals surface area contributed by atoms with Crippen LogP contribution in [0.4, 0.5) is 4.39 Å². The molecule has 0 saturated heterocycles.